The van der Waals surface area contributed by atoms with Crippen LogP contribution in [0.25, 0.3) is 0 Å². The van der Waals surface area contributed by atoms with Crippen LogP contribution >= 0.6 is 11.6 Å². The second-order valence-electron chi connectivity index (χ2n) is 5.36. The maximum Gasteiger partial charge on any atom is 0.307 e. The number of aryl methyl sites for hydroxylation is 1. The molecule has 0 aliphatic heterocycles. The van der Waals surface area contributed by atoms with Crippen LogP contribution in [0.5, 0.6) is 0 Å². The smallest absolute Gasteiger partial charge is 0.307 e. The Bertz CT molecular complexity index is 660. The van der Waals surface area contributed by atoms with E-state index >= 15 is 0 Å². The molecule has 1 unspecified atom stereocenters. The Labute approximate surface area is 134 Å². The summed E-state index contributed by atoms with van der Waals surface area (Å²) in [7, 11) is 0. The van der Waals surface area contributed by atoms with Crippen LogP contribution < -0.4 is 0 Å². The van der Waals surface area contributed by atoms with E-state index in [0.717, 1.165) is 11.1 Å². The summed E-state index contributed by atoms with van der Waals surface area (Å²) in [4.78, 5) is 23.6. The molecule has 2 aromatic carbocycles. The van der Waals surface area contributed by atoms with E-state index in [0.29, 0.717) is 17.0 Å². The van der Waals surface area contributed by atoms with Crippen molar-refractivity contribution in [1.29, 1.82) is 0 Å². The van der Waals surface area contributed by atoms with Crippen molar-refractivity contribution in [1.82, 2.24) is 0 Å². The molecule has 22 heavy (non-hydrogen) atoms. The Kier molecular flexibility index (Phi) is 5.34. The van der Waals surface area contributed by atoms with Crippen molar-refractivity contribution in [3.8, 4) is 0 Å². The molecule has 0 bridgehead atoms. The van der Waals surface area contributed by atoms with Gasteiger partial charge in [-0.15, -0.1) is 0 Å². The number of hydrogen-bond donors (Lipinski definition) is 1. The summed E-state index contributed by atoms with van der Waals surface area (Å²) in [5, 5.41) is 9.95. The lowest BCUT2D eigenvalue weighted by molar-refractivity contribution is -0.141. The Morgan fingerprint density at radius 3 is 2.18 bits per heavy atom. The van der Waals surface area contributed by atoms with Gasteiger partial charge in [-0.25, -0.2) is 0 Å². The number of halogens is 1. The molecule has 1 N–H and O–H groups in total. The monoisotopic (exact) mass is 316 g/mol. The van der Waals surface area contributed by atoms with Crippen LogP contribution in [0.1, 0.15) is 27.9 Å². The Morgan fingerprint density at radius 2 is 1.64 bits per heavy atom. The number of aliphatic carboxylic acids is 1. The van der Waals surface area contributed by atoms with Crippen LogP contribution in [0, 0.1) is 12.8 Å². The molecule has 4 heteroatoms. The van der Waals surface area contributed by atoms with E-state index in [9.17, 15) is 14.7 Å². The summed E-state index contributed by atoms with van der Waals surface area (Å²) in [5.74, 6) is -1.85. The topological polar surface area (TPSA) is 54.4 Å². The molecule has 0 heterocycles. The van der Waals surface area contributed by atoms with Crippen molar-refractivity contribution >= 4 is 23.4 Å². The molecule has 2 rings (SSSR count). The van der Waals surface area contributed by atoms with E-state index in [1.165, 1.54) is 0 Å². The van der Waals surface area contributed by atoms with Gasteiger partial charge in [0.25, 0.3) is 0 Å². The van der Waals surface area contributed by atoms with Gasteiger partial charge in [0.15, 0.2) is 5.78 Å². The van der Waals surface area contributed by atoms with Gasteiger partial charge in [0.05, 0.1) is 5.92 Å². The number of hydrogen-bond acceptors (Lipinski definition) is 2. The van der Waals surface area contributed by atoms with Crippen molar-refractivity contribution in [2.24, 2.45) is 5.92 Å². The van der Waals surface area contributed by atoms with Gasteiger partial charge in [0.2, 0.25) is 0 Å². The first-order chi connectivity index (χ1) is 10.5. The van der Waals surface area contributed by atoms with E-state index < -0.39 is 11.9 Å². The quantitative estimate of drug-likeness (QED) is 0.814. The molecule has 0 amide bonds. The number of Topliss-reactive ketones (excluding diaryl/α,β-unsaturated/α-hetero) is 1. The predicted octanol–water partition coefficient (Wildman–Crippen LogP) is 4.16. The van der Waals surface area contributed by atoms with Gasteiger partial charge in [-0.05, 0) is 31.0 Å². The fourth-order valence-electron chi connectivity index (χ4n) is 2.23. The Hall–Kier alpha value is -2.13. The van der Waals surface area contributed by atoms with Crippen molar-refractivity contribution in [3.63, 3.8) is 0 Å². The van der Waals surface area contributed by atoms with E-state index in [-0.39, 0.29) is 12.2 Å². The van der Waals surface area contributed by atoms with Crippen LogP contribution in [0.4, 0.5) is 0 Å². The summed E-state index contributed by atoms with van der Waals surface area (Å²) in [6, 6.07) is 14.2. The molecule has 1 atom stereocenters. The predicted molar refractivity (Wildman–Crippen MR) is 86.4 cm³/mol. The summed E-state index contributed by atoms with van der Waals surface area (Å²) in [5.41, 5.74) is 2.47. The summed E-state index contributed by atoms with van der Waals surface area (Å²) >= 11 is 5.82. The molecule has 0 spiro atoms. The molecule has 0 saturated heterocycles. The highest BCUT2D eigenvalue weighted by Crippen LogP contribution is 2.18. The lowest BCUT2D eigenvalue weighted by Gasteiger charge is -2.12. The molecule has 0 fully saturated rings. The largest absolute Gasteiger partial charge is 0.481 e. The second kappa shape index (κ2) is 7.23. The van der Waals surface area contributed by atoms with Gasteiger partial charge in [0.1, 0.15) is 0 Å². The minimum absolute atomic E-state index is 0.0129. The highest BCUT2D eigenvalue weighted by Gasteiger charge is 2.22. The zero-order chi connectivity index (χ0) is 16.1. The molecule has 0 saturated carbocycles. The highest BCUT2D eigenvalue weighted by molar-refractivity contribution is 6.30. The molecule has 3 nitrogen and oxygen atoms in total. The fraction of sp³-hybridized carbons (Fsp3) is 0.222. The SMILES string of the molecule is Cc1ccc(C(=O)CC(Cc2ccc(Cl)cc2)C(=O)O)cc1. The molecular formula is C18H17ClO3. The molecule has 114 valence electrons. The molecular weight excluding hydrogens is 300 g/mol. The number of ketones is 1. The van der Waals surface area contributed by atoms with E-state index in [1.807, 2.05) is 19.1 Å². The van der Waals surface area contributed by atoms with E-state index in [2.05, 4.69) is 0 Å². The zero-order valence-electron chi connectivity index (χ0n) is 12.3. The third kappa shape index (κ3) is 4.43. The van der Waals surface area contributed by atoms with Gasteiger partial charge in [-0.3, -0.25) is 9.59 Å². The minimum atomic E-state index is -0.963. The average molecular weight is 317 g/mol. The van der Waals surface area contributed by atoms with Crippen LogP contribution in [0.3, 0.4) is 0 Å². The Balaban J connectivity index is 2.08. The van der Waals surface area contributed by atoms with Crippen LogP contribution in [-0.4, -0.2) is 16.9 Å². The standard InChI is InChI=1S/C18H17ClO3/c1-12-2-6-14(7-3-12)17(20)11-15(18(21)22)10-13-4-8-16(19)9-5-13/h2-9,15H,10-11H2,1H3,(H,21,22). The van der Waals surface area contributed by atoms with Crippen molar-refractivity contribution in [2.75, 3.05) is 0 Å². The van der Waals surface area contributed by atoms with Crippen LogP contribution in [0.2, 0.25) is 5.02 Å². The van der Waals surface area contributed by atoms with Crippen LogP contribution in [-0.2, 0) is 11.2 Å². The number of rotatable bonds is 6. The van der Waals surface area contributed by atoms with Gasteiger partial charge >= 0.3 is 5.97 Å². The summed E-state index contributed by atoms with van der Waals surface area (Å²) in [6.45, 7) is 1.94. The van der Waals surface area contributed by atoms with Gasteiger partial charge in [-0.1, -0.05) is 53.6 Å². The molecule has 0 aliphatic rings. The van der Waals surface area contributed by atoms with E-state index in [1.54, 1.807) is 36.4 Å². The zero-order valence-corrected chi connectivity index (χ0v) is 13.0. The van der Waals surface area contributed by atoms with E-state index in [4.69, 9.17) is 11.6 Å². The number of carbonyl (C=O) groups is 2. The molecule has 0 radical (unpaired) electrons. The number of benzene rings is 2. The first-order valence-corrected chi connectivity index (χ1v) is 7.40. The minimum Gasteiger partial charge on any atom is -0.481 e. The third-order valence-corrected chi connectivity index (χ3v) is 3.80. The fourth-order valence-corrected chi connectivity index (χ4v) is 2.36. The van der Waals surface area contributed by atoms with Crippen LogP contribution in [0.15, 0.2) is 48.5 Å². The number of carboxylic acid groups (broad SMARTS) is 1. The number of carbonyl (C=O) groups excluding carboxylic acids is 1. The van der Waals surface area contributed by atoms with Gasteiger partial charge < -0.3 is 5.11 Å². The van der Waals surface area contributed by atoms with Crippen molar-refractivity contribution in [2.45, 2.75) is 19.8 Å². The summed E-state index contributed by atoms with van der Waals surface area (Å²) < 4.78 is 0. The maximum absolute atomic E-state index is 12.2. The average Bonchev–Trinajstić information content (AvgIpc) is 2.49. The molecule has 2 aromatic rings. The lowest BCUT2D eigenvalue weighted by Crippen LogP contribution is -2.20. The van der Waals surface area contributed by atoms with Crippen molar-refractivity contribution in [3.05, 3.63) is 70.2 Å². The Morgan fingerprint density at radius 1 is 1.05 bits per heavy atom. The lowest BCUT2D eigenvalue weighted by atomic mass is 9.92. The first-order valence-electron chi connectivity index (χ1n) is 7.03. The molecule has 0 aromatic heterocycles. The number of carboxylic acids is 1. The normalized spacial score (nSPS) is 11.9. The third-order valence-electron chi connectivity index (χ3n) is 3.55. The summed E-state index contributed by atoms with van der Waals surface area (Å²) in [6.07, 6.45) is 0.297. The second-order valence-corrected chi connectivity index (χ2v) is 5.80. The van der Waals surface area contributed by atoms with Gasteiger partial charge in [-0.2, -0.15) is 0 Å². The van der Waals surface area contributed by atoms with Crippen molar-refractivity contribution < 1.29 is 14.7 Å². The first kappa shape index (κ1) is 16.2. The van der Waals surface area contributed by atoms with Gasteiger partial charge in [0, 0.05) is 17.0 Å². The maximum atomic E-state index is 12.2. The molecule has 0 aliphatic carbocycles. The highest BCUT2D eigenvalue weighted by atomic mass is 35.5.